The minimum Gasteiger partial charge on any atom is -0.491 e. The van der Waals surface area contributed by atoms with Gasteiger partial charge in [-0.05, 0) is 55.6 Å². The van der Waals surface area contributed by atoms with Crippen LogP contribution >= 0.6 is 0 Å². The number of piperazine rings is 1. The minimum atomic E-state index is -3.47. The molecule has 1 aromatic heterocycles. The molecule has 4 rings (SSSR count). The van der Waals surface area contributed by atoms with Gasteiger partial charge in [-0.2, -0.15) is 13.9 Å². The second kappa shape index (κ2) is 11.2. The summed E-state index contributed by atoms with van der Waals surface area (Å²) in [4.78, 5) is 18.9. The lowest BCUT2D eigenvalue weighted by Crippen LogP contribution is -2.49. The number of nitrogens with zero attached hydrogens (tertiary/aromatic N) is 3. The molecule has 1 aliphatic heterocycles. The van der Waals surface area contributed by atoms with Gasteiger partial charge in [0, 0.05) is 51.0 Å². The summed E-state index contributed by atoms with van der Waals surface area (Å²) in [6.07, 6.45) is 2.43. The molecule has 0 saturated carbocycles. The average Bonchev–Trinajstić information content (AvgIpc) is 3.22. The van der Waals surface area contributed by atoms with Gasteiger partial charge in [-0.1, -0.05) is 18.2 Å². The van der Waals surface area contributed by atoms with Crippen LogP contribution in [0.3, 0.4) is 0 Å². The average molecular weight is 472 g/mol. The van der Waals surface area contributed by atoms with E-state index in [0.29, 0.717) is 23.7 Å². The van der Waals surface area contributed by atoms with Gasteiger partial charge in [0.05, 0.1) is 11.0 Å². The number of sulfonamides is 1. The van der Waals surface area contributed by atoms with Crippen molar-refractivity contribution in [1.82, 2.24) is 13.8 Å². The molecule has 2 heterocycles. The lowest BCUT2D eigenvalue weighted by molar-refractivity contribution is -0.191. The molecule has 1 fully saturated rings. The maximum Gasteiger partial charge on any atom is 0.373 e. The van der Waals surface area contributed by atoms with Crippen molar-refractivity contribution in [2.75, 3.05) is 32.7 Å². The molecule has 0 amide bonds. The molecular weight excluding hydrogens is 442 g/mol. The quantitative estimate of drug-likeness (QED) is 0.527. The van der Waals surface area contributed by atoms with Crippen LogP contribution in [0.5, 0.6) is 5.75 Å². The molecule has 0 aliphatic carbocycles. The van der Waals surface area contributed by atoms with Crippen LogP contribution in [0.2, 0.25) is 0 Å². The molecule has 0 N–H and O–H groups in total. The monoisotopic (exact) mass is 471 g/mol. The van der Waals surface area contributed by atoms with E-state index < -0.39 is 10.0 Å². The summed E-state index contributed by atoms with van der Waals surface area (Å²) in [5, 5.41) is 1.25. The molecule has 0 atom stereocenters. The standard InChI is InChI=1S/C23H29N3O3S.CO2/c1-19(2)29-21-7-9-22(10-8-21)30(27,28)26-17-14-24(15-18-26)13-16-25-12-11-20-5-3-4-6-23(20)25;2-1-3/h3-12,19H,13-18H2,1-2H3;. The Morgan fingerprint density at radius 1 is 0.909 bits per heavy atom. The molecule has 2 aromatic carbocycles. The Hall–Kier alpha value is -2.97. The highest BCUT2D eigenvalue weighted by Gasteiger charge is 2.28. The fourth-order valence-corrected chi connectivity index (χ4v) is 5.31. The summed E-state index contributed by atoms with van der Waals surface area (Å²) in [7, 11) is -3.47. The first-order valence-electron chi connectivity index (χ1n) is 10.9. The summed E-state index contributed by atoms with van der Waals surface area (Å²) in [6, 6.07) is 17.2. The molecular formula is C24H29N3O5S. The Kier molecular flexibility index (Phi) is 8.41. The second-order valence-electron chi connectivity index (χ2n) is 8.04. The first-order chi connectivity index (χ1) is 15.8. The molecule has 9 heteroatoms. The molecule has 176 valence electrons. The Morgan fingerprint density at radius 2 is 1.55 bits per heavy atom. The number of ether oxygens (including phenoxy) is 1. The van der Waals surface area contributed by atoms with Crippen LogP contribution < -0.4 is 4.74 Å². The molecule has 8 nitrogen and oxygen atoms in total. The van der Waals surface area contributed by atoms with E-state index in [-0.39, 0.29) is 12.3 Å². The lowest BCUT2D eigenvalue weighted by Gasteiger charge is -2.34. The summed E-state index contributed by atoms with van der Waals surface area (Å²) >= 11 is 0. The van der Waals surface area contributed by atoms with Gasteiger partial charge in [-0.3, -0.25) is 4.90 Å². The van der Waals surface area contributed by atoms with Crippen LogP contribution in [0, 0.1) is 0 Å². The van der Waals surface area contributed by atoms with E-state index in [1.54, 1.807) is 28.6 Å². The predicted molar refractivity (Wildman–Crippen MR) is 124 cm³/mol. The second-order valence-corrected chi connectivity index (χ2v) is 9.97. The number of aromatic nitrogens is 1. The van der Waals surface area contributed by atoms with Crippen molar-refractivity contribution in [2.45, 2.75) is 31.4 Å². The van der Waals surface area contributed by atoms with Crippen molar-refractivity contribution in [3.63, 3.8) is 0 Å². The van der Waals surface area contributed by atoms with E-state index in [1.165, 1.54) is 10.9 Å². The molecule has 33 heavy (non-hydrogen) atoms. The van der Waals surface area contributed by atoms with Gasteiger partial charge in [0.2, 0.25) is 10.0 Å². The number of para-hydroxylation sites is 1. The number of fused-ring (bicyclic) bond motifs is 1. The maximum atomic E-state index is 13.0. The molecule has 1 aliphatic rings. The Labute approximate surface area is 194 Å². The molecule has 0 radical (unpaired) electrons. The molecule has 1 saturated heterocycles. The van der Waals surface area contributed by atoms with Crippen LogP contribution in [0.25, 0.3) is 10.9 Å². The lowest BCUT2D eigenvalue weighted by atomic mass is 10.2. The van der Waals surface area contributed by atoms with Gasteiger partial charge in [-0.15, -0.1) is 0 Å². The van der Waals surface area contributed by atoms with Crippen LogP contribution in [0.15, 0.2) is 65.7 Å². The number of hydrogen-bond donors (Lipinski definition) is 0. The highest BCUT2D eigenvalue weighted by atomic mass is 32.2. The predicted octanol–water partition coefficient (Wildman–Crippen LogP) is 2.85. The molecule has 3 aromatic rings. The summed E-state index contributed by atoms with van der Waals surface area (Å²) in [6.45, 7) is 8.22. The smallest absolute Gasteiger partial charge is 0.373 e. The summed E-state index contributed by atoms with van der Waals surface area (Å²) in [5.74, 6) is 0.686. The Bertz CT molecular complexity index is 1170. The van der Waals surface area contributed by atoms with Gasteiger partial charge in [0.15, 0.2) is 0 Å². The highest BCUT2D eigenvalue weighted by Crippen LogP contribution is 2.22. The first-order valence-corrected chi connectivity index (χ1v) is 12.3. The number of carbonyl (C=O) groups excluding carboxylic acids is 2. The Balaban J connectivity index is 0.000000968. The van der Waals surface area contributed by atoms with E-state index in [0.717, 1.165) is 26.2 Å². The maximum absolute atomic E-state index is 13.0. The molecule has 0 bridgehead atoms. The van der Waals surface area contributed by atoms with Crippen LogP contribution in [0.1, 0.15) is 13.8 Å². The van der Waals surface area contributed by atoms with Crippen molar-refractivity contribution in [2.24, 2.45) is 0 Å². The number of benzene rings is 2. The van der Waals surface area contributed by atoms with Gasteiger partial charge in [0.25, 0.3) is 0 Å². The fourth-order valence-electron chi connectivity index (χ4n) is 3.89. The van der Waals surface area contributed by atoms with Gasteiger partial charge >= 0.3 is 6.15 Å². The van der Waals surface area contributed by atoms with Gasteiger partial charge in [-0.25, -0.2) is 8.42 Å². The molecule has 0 spiro atoms. The molecule has 0 unspecified atom stereocenters. The van der Waals surface area contributed by atoms with E-state index in [2.05, 4.69) is 46.0 Å². The Morgan fingerprint density at radius 3 is 2.18 bits per heavy atom. The zero-order valence-corrected chi connectivity index (χ0v) is 19.7. The zero-order valence-electron chi connectivity index (χ0n) is 18.9. The topological polar surface area (TPSA) is 88.9 Å². The third-order valence-electron chi connectivity index (χ3n) is 5.50. The van der Waals surface area contributed by atoms with Gasteiger partial charge in [0.1, 0.15) is 5.75 Å². The largest absolute Gasteiger partial charge is 0.491 e. The van der Waals surface area contributed by atoms with E-state index >= 15 is 0 Å². The zero-order chi connectivity index (χ0) is 23.8. The van der Waals surface area contributed by atoms with Crippen LogP contribution in [0.4, 0.5) is 0 Å². The third-order valence-corrected chi connectivity index (χ3v) is 7.41. The van der Waals surface area contributed by atoms with E-state index in [9.17, 15) is 8.42 Å². The summed E-state index contributed by atoms with van der Waals surface area (Å²) < 4.78 is 35.4. The summed E-state index contributed by atoms with van der Waals surface area (Å²) in [5.41, 5.74) is 1.24. The van der Waals surface area contributed by atoms with Crippen molar-refractivity contribution in [3.05, 3.63) is 60.8 Å². The normalized spacial score (nSPS) is 15.1. The van der Waals surface area contributed by atoms with E-state index in [4.69, 9.17) is 14.3 Å². The van der Waals surface area contributed by atoms with Gasteiger partial charge < -0.3 is 9.30 Å². The van der Waals surface area contributed by atoms with Crippen molar-refractivity contribution in [1.29, 1.82) is 0 Å². The van der Waals surface area contributed by atoms with Crippen molar-refractivity contribution < 1.29 is 22.7 Å². The van der Waals surface area contributed by atoms with Crippen LogP contribution in [-0.4, -0.2) is 67.2 Å². The number of hydrogen-bond acceptors (Lipinski definition) is 6. The van der Waals surface area contributed by atoms with Crippen molar-refractivity contribution >= 4 is 27.1 Å². The fraction of sp³-hybridized carbons (Fsp3) is 0.375. The number of rotatable bonds is 7. The first kappa shape index (κ1) is 24.7. The third kappa shape index (κ3) is 6.30. The van der Waals surface area contributed by atoms with Crippen LogP contribution in [-0.2, 0) is 26.2 Å². The minimum absolute atomic E-state index is 0.0602. The van der Waals surface area contributed by atoms with Crippen molar-refractivity contribution in [3.8, 4) is 5.75 Å². The highest BCUT2D eigenvalue weighted by molar-refractivity contribution is 7.89. The SMILES string of the molecule is CC(C)Oc1ccc(S(=O)(=O)N2CCN(CCn3ccc4ccccc43)CC2)cc1.O=C=O. The van der Waals surface area contributed by atoms with E-state index in [1.807, 2.05) is 13.8 Å².